The first-order valence-electron chi connectivity index (χ1n) is 7.77. The molecule has 1 aliphatic heterocycles. The van der Waals surface area contributed by atoms with Crippen LogP contribution in [0, 0.1) is 6.92 Å². The van der Waals surface area contributed by atoms with E-state index >= 15 is 0 Å². The van der Waals surface area contributed by atoms with E-state index in [-0.39, 0.29) is 23.7 Å². The van der Waals surface area contributed by atoms with E-state index in [0.29, 0.717) is 5.69 Å². The van der Waals surface area contributed by atoms with Gasteiger partial charge in [-0.15, -0.1) is 0 Å². The minimum absolute atomic E-state index is 0.147. The maximum atomic E-state index is 12.4. The van der Waals surface area contributed by atoms with Gasteiger partial charge in [-0.05, 0) is 19.1 Å². The van der Waals surface area contributed by atoms with E-state index in [0.717, 1.165) is 10.1 Å². The summed E-state index contributed by atoms with van der Waals surface area (Å²) in [6.45, 7) is 1.94. The van der Waals surface area contributed by atoms with Crippen LogP contribution < -0.4 is 21.9 Å². The molecule has 0 spiro atoms. The lowest BCUT2D eigenvalue weighted by molar-refractivity contribution is -0.122. The molecule has 0 fully saturated rings. The Labute approximate surface area is 143 Å². The van der Waals surface area contributed by atoms with E-state index in [1.165, 1.54) is 18.7 Å². The molecule has 2 aromatic rings. The minimum Gasteiger partial charge on any atom is -0.326 e. The van der Waals surface area contributed by atoms with E-state index in [1.54, 1.807) is 12.1 Å². The average molecular weight is 342 g/mol. The molecule has 0 bridgehead atoms. The van der Waals surface area contributed by atoms with Crippen LogP contribution in [0.3, 0.4) is 0 Å². The smallest absolute Gasteiger partial charge is 0.326 e. The Morgan fingerprint density at radius 1 is 1.12 bits per heavy atom. The summed E-state index contributed by atoms with van der Waals surface area (Å²) in [4.78, 5) is 48.9. The first kappa shape index (κ1) is 16.7. The van der Waals surface area contributed by atoms with Gasteiger partial charge < -0.3 is 10.6 Å². The summed E-state index contributed by atoms with van der Waals surface area (Å²) in [5, 5.41) is 5.24. The van der Waals surface area contributed by atoms with E-state index in [4.69, 9.17) is 0 Å². The quantitative estimate of drug-likeness (QED) is 0.846. The summed E-state index contributed by atoms with van der Waals surface area (Å²) in [7, 11) is 2.81. The molecular weight excluding hydrogens is 324 g/mol. The highest BCUT2D eigenvalue weighted by Gasteiger charge is 2.37. The van der Waals surface area contributed by atoms with Crippen LogP contribution in [0.15, 0.2) is 33.9 Å². The molecule has 8 nitrogen and oxygen atoms in total. The average Bonchev–Trinajstić information content (AvgIpc) is 2.90. The molecule has 1 atom stereocenters. The fourth-order valence-corrected chi connectivity index (χ4v) is 2.90. The molecule has 2 amide bonds. The Balaban J connectivity index is 1.89. The molecule has 2 heterocycles. The van der Waals surface area contributed by atoms with Gasteiger partial charge >= 0.3 is 5.69 Å². The first-order valence-corrected chi connectivity index (χ1v) is 7.77. The number of hydrogen-bond donors (Lipinski definition) is 2. The normalized spacial score (nSPS) is 15.6. The number of carbonyl (C=O) groups is 2. The van der Waals surface area contributed by atoms with Crippen LogP contribution in [0.4, 0.5) is 11.5 Å². The van der Waals surface area contributed by atoms with Gasteiger partial charge in [0.1, 0.15) is 5.82 Å². The summed E-state index contributed by atoms with van der Waals surface area (Å²) in [5.74, 6) is -1.61. The first-order chi connectivity index (χ1) is 11.8. The Bertz CT molecular complexity index is 985. The Morgan fingerprint density at radius 3 is 2.40 bits per heavy atom. The summed E-state index contributed by atoms with van der Waals surface area (Å²) >= 11 is 0. The third-order valence-electron chi connectivity index (χ3n) is 4.33. The molecule has 0 aliphatic carbocycles. The molecular formula is C17H18N4O4. The van der Waals surface area contributed by atoms with Crippen LogP contribution in [0.5, 0.6) is 0 Å². The number of anilines is 2. The fourth-order valence-electron chi connectivity index (χ4n) is 2.90. The largest absolute Gasteiger partial charge is 0.332 e. The van der Waals surface area contributed by atoms with Crippen molar-refractivity contribution in [1.29, 1.82) is 0 Å². The summed E-state index contributed by atoms with van der Waals surface area (Å²) in [6, 6.07) is 7.24. The highest BCUT2D eigenvalue weighted by atomic mass is 16.2. The number of nitrogens with zero attached hydrogens (tertiary/aromatic N) is 2. The number of hydrogen-bond acceptors (Lipinski definition) is 4. The van der Waals surface area contributed by atoms with Crippen molar-refractivity contribution in [2.24, 2.45) is 14.1 Å². The Morgan fingerprint density at radius 2 is 1.76 bits per heavy atom. The summed E-state index contributed by atoms with van der Waals surface area (Å²) < 4.78 is 2.14. The molecule has 25 heavy (non-hydrogen) atoms. The molecule has 1 aliphatic rings. The molecule has 0 radical (unpaired) electrons. The molecule has 0 saturated heterocycles. The highest BCUT2D eigenvalue weighted by Crippen LogP contribution is 2.31. The van der Waals surface area contributed by atoms with Crippen molar-refractivity contribution < 1.29 is 9.59 Å². The highest BCUT2D eigenvalue weighted by molar-refractivity contribution is 6.05. The number of aryl methyl sites for hydroxylation is 1. The van der Waals surface area contributed by atoms with E-state index < -0.39 is 23.1 Å². The van der Waals surface area contributed by atoms with Gasteiger partial charge in [0.05, 0.1) is 11.5 Å². The Hall–Kier alpha value is -3.16. The van der Waals surface area contributed by atoms with Crippen molar-refractivity contribution in [3.63, 3.8) is 0 Å². The van der Waals surface area contributed by atoms with E-state index in [2.05, 4.69) is 10.6 Å². The number of rotatable bonds is 3. The second-order valence-corrected chi connectivity index (χ2v) is 6.13. The standard InChI is InChI=1S/C17H18N4O4/c1-9-4-6-10(7-5-9)18-12(22)8-11-13-14(19-15(11)23)20(2)17(25)21(3)16(13)24/h4-7,11H,8H2,1-3H3,(H,18,22)(H,19,23)/t11-/m1/s1. The number of nitrogens with one attached hydrogen (secondary N) is 2. The van der Waals surface area contributed by atoms with Gasteiger partial charge in [-0.1, -0.05) is 17.7 Å². The molecule has 1 aromatic carbocycles. The van der Waals surface area contributed by atoms with Crippen molar-refractivity contribution in [2.45, 2.75) is 19.3 Å². The third kappa shape index (κ3) is 2.86. The molecule has 1 aromatic heterocycles. The van der Waals surface area contributed by atoms with E-state index in [9.17, 15) is 19.2 Å². The number of fused-ring (bicyclic) bond motifs is 1. The van der Waals surface area contributed by atoms with Gasteiger partial charge in [0.2, 0.25) is 11.8 Å². The summed E-state index contributed by atoms with van der Waals surface area (Å²) in [6.07, 6.45) is -0.180. The Kier molecular flexibility index (Phi) is 4.03. The molecule has 8 heteroatoms. The molecule has 130 valence electrons. The predicted octanol–water partition coefficient (Wildman–Crippen LogP) is 0.457. The summed E-state index contributed by atoms with van der Waals surface area (Å²) in [5.41, 5.74) is 0.723. The van der Waals surface area contributed by atoms with Gasteiger partial charge in [-0.2, -0.15) is 0 Å². The topological polar surface area (TPSA) is 102 Å². The van der Waals surface area contributed by atoms with Crippen molar-refractivity contribution >= 4 is 23.3 Å². The van der Waals surface area contributed by atoms with Crippen molar-refractivity contribution in [3.05, 3.63) is 56.2 Å². The monoisotopic (exact) mass is 342 g/mol. The van der Waals surface area contributed by atoms with Crippen LogP contribution in [-0.2, 0) is 23.7 Å². The number of benzene rings is 1. The SMILES string of the molecule is Cc1ccc(NC(=O)C[C@H]2C(=O)Nc3c2c(=O)n(C)c(=O)n3C)cc1. The van der Waals surface area contributed by atoms with Gasteiger partial charge in [-0.3, -0.25) is 23.5 Å². The molecule has 0 saturated carbocycles. The van der Waals surface area contributed by atoms with Crippen LogP contribution in [0.1, 0.15) is 23.5 Å². The lowest BCUT2D eigenvalue weighted by atomic mass is 9.99. The van der Waals surface area contributed by atoms with Crippen molar-refractivity contribution in [1.82, 2.24) is 9.13 Å². The zero-order valence-electron chi connectivity index (χ0n) is 14.1. The van der Waals surface area contributed by atoms with Crippen LogP contribution in [0.2, 0.25) is 0 Å². The predicted molar refractivity (Wildman–Crippen MR) is 92.7 cm³/mol. The molecule has 0 unspecified atom stereocenters. The van der Waals surface area contributed by atoms with Crippen molar-refractivity contribution in [3.8, 4) is 0 Å². The number of amides is 2. The van der Waals surface area contributed by atoms with Gasteiger partial charge in [-0.25, -0.2) is 4.79 Å². The number of aromatic nitrogens is 2. The van der Waals surface area contributed by atoms with Gasteiger partial charge in [0.25, 0.3) is 5.56 Å². The second kappa shape index (κ2) is 6.04. The number of carbonyl (C=O) groups excluding carboxylic acids is 2. The maximum Gasteiger partial charge on any atom is 0.332 e. The second-order valence-electron chi connectivity index (χ2n) is 6.13. The van der Waals surface area contributed by atoms with Crippen LogP contribution >= 0.6 is 0 Å². The molecule has 2 N–H and O–H groups in total. The lowest BCUT2D eigenvalue weighted by Crippen LogP contribution is -2.39. The zero-order valence-corrected chi connectivity index (χ0v) is 14.1. The minimum atomic E-state index is -0.925. The van der Waals surface area contributed by atoms with Crippen molar-refractivity contribution in [2.75, 3.05) is 10.6 Å². The lowest BCUT2D eigenvalue weighted by Gasteiger charge is -2.11. The zero-order chi connectivity index (χ0) is 18.3. The van der Waals surface area contributed by atoms with E-state index in [1.807, 2.05) is 19.1 Å². The van der Waals surface area contributed by atoms with Crippen LogP contribution in [-0.4, -0.2) is 20.9 Å². The molecule has 3 rings (SSSR count). The fraction of sp³-hybridized carbons (Fsp3) is 0.294. The maximum absolute atomic E-state index is 12.4. The van der Waals surface area contributed by atoms with Gasteiger partial charge in [0, 0.05) is 26.2 Å². The third-order valence-corrected chi connectivity index (χ3v) is 4.33. The van der Waals surface area contributed by atoms with Gasteiger partial charge in [0.15, 0.2) is 0 Å². The van der Waals surface area contributed by atoms with Crippen LogP contribution in [0.25, 0.3) is 0 Å².